The highest BCUT2D eigenvalue weighted by atomic mass is 35.5. The van der Waals surface area contributed by atoms with Crippen LogP contribution in [0.5, 0.6) is 5.75 Å². The Balaban J connectivity index is 0.00000361. The van der Waals surface area contributed by atoms with Gasteiger partial charge in [0.2, 0.25) is 5.91 Å². The lowest BCUT2D eigenvalue weighted by molar-refractivity contribution is -0.122. The first-order valence-electron chi connectivity index (χ1n) is 6.29. The van der Waals surface area contributed by atoms with Gasteiger partial charge in [-0.1, -0.05) is 19.9 Å². The highest BCUT2D eigenvalue weighted by molar-refractivity contribution is 5.85. The molecule has 0 fully saturated rings. The minimum Gasteiger partial charge on any atom is -0.494 e. The maximum absolute atomic E-state index is 13.4. The summed E-state index contributed by atoms with van der Waals surface area (Å²) in [5.74, 6) is -0.114. The molecular formula is C14H22ClFN2O2. The minimum absolute atomic E-state index is 0. The molecule has 0 saturated carbocycles. The fourth-order valence-electron chi connectivity index (χ4n) is 1.76. The second kappa shape index (κ2) is 8.76. The van der Waals surface area contributed by atoms with Gasteiger partial charge in [0.15, 0.2) is 11.6 Å². The van der Waals surface area contributed by atoms with Crippen LogP contribution in [0.2, 0.25) is 0 Å². The summed E-state index contributed by atoms with van der Waals surface area (Å²) in [5, 5.41) is 2.70. The molecule has 1 rings (SSSR count). The first-order chi connectivity index (χ1) is 8.93. The van der Waals surface area contributed by atoms with Crippen LogP contribution in [0.1, 0.15) is 25.8 Å². The van der Waals surface area contributed by atoms with Crippen LogP contribution in [-0.4, -0.2) is 19.1 Å². The summed E-state index contributed by atoms with van der Waals surface area (Å²) in [4.78, 5) is 11.7. The van der Waals surface area contributed by atoms with Crippen molar-refractivity contribution >= 4 is 18.3 Å². The molecule has 3 N–H and O–H groups in total. The molecule has 0 aliphatic heterocycles. The zero-order valence-electron chi connectivity index (χ0n) is 12.0. The fourth-order valence-corrected chi connectivity index (χ4v) is 1.76. The van der Waals surface area contributed by atoms with E-state index in [1.807, 2.05) is 13.8 Å². The number of halogens is 2. The normalized spacial score (nSPS) is 11.7. The molecule has 20 heavy (non-hydrogen) atoms. The van der Waals surface area contributed by atoms with E-state index in [4.69, 9.17) is 10.5 Å². The van der Waals surface area contributed by atoms with Gasteiger partial charge in [-0.15, -0.1) is 12.4 Å². The number of hydrogen-bond acceptors (Lipinski definition) is 3. The summed E-state index contributed by atoms with van der Waals surface area (Å²) in [6.07, 6.45) is 0.628. The van der Waals surface area contributed by atoms with E-state index in [-0.39, 0.29) is 30.6 Å². The average Bonchev–Trinajstić information content (AvgIpc) is 2.35. The topological polar surface area (TPSA) is 64.3 Å². The van der Waals surface area contributed by atoms with Gasteiger partial charge in [-0.05, 0) is 30.0 Å². The van der Waals surface area contributed by atoms with Crippen LogP contribution in [0.15, 0.2) is 18.2 Å². The van der Waals surface area contributed by atoms with Gasteiger partial charge < -0.3 is 15.8 Å². The van der Waals surface area contributed by atoms with Gasteiger partial charge in [-0.25, -0.2) is 4.39 Å². The standard InChI is InChI=1S/C14H21FN2O2.ClH/c1-9(2)6-12(16)14(18)17-8-10-4-5-13(19-3)11(15)7-10;/h4-5,7,9,12H,6,8,16H2,1-3H3,(H,17,18);1H/t12-;/m0./s1. The molecule has 1 atom stereocenters. The quantitative estimate of drug-likeness (QED) is 0.847. The summed E-state index contributed by atoms with van der Waals surface area (Å²) in [7, 11) is 1.41. The number of ether oxygens (including phenoxy) is 1. The summed E-state index contributed by atoms with van der Waals surface area (Å²) in [6, 6.07) is 4.05. The molecule has 0 saturated heterocycles. The number of benzene rings is 1. The molecule has 4 nitrogen and oxygen atoms in total. The third-order valence-corrected chi connectivity index (χ3v) is 2.75. The Hall–Kier alpha value is -1.33. The lowest BCUT2D eigenvalue weighted by atomic mass is 10.0. The van der Waals surface area contributed by atoms with Gasteiger partial charge in [0.1, 0.15) is 0 Å². The molecule has 0 unspecified atom stereocenters. The Bertz CT molecular complexity index is 441. The first kappa shape index (κ1) is 18.7. The smallest absolute Gasteiger partial charge is 0.237 e. The molecule has 1 aromatic rings. The molecule has 6 heteroatoms. The van der Waals surface area contributed by atoms with Crippen molar-refractivity contribution in [3.63, 3.8) is 0 Å². The number of amides is 1. The third-order valence-electron chi connectivity index (χ3n) is 2.75. The maximum atomic E-state index is 13.4. The molecule has 0 aliphatic rings. The molecule has 114 valence electrons. The van der Waals surface area contributed by atoms with Crippen molar-refractivity contribution in [1.82, 2.24) is 5.32 Å². The fraction of sp³-hybridized carbons (Fsp3) is 0.500. The Kier molecular flexibility index (Phi) is 8.18. The predicted molar refractivity (Wildman–Crippen MR) is 79.5 cm³/mol. The van der Waals surface area contributed by atoms with Crippen molar-refractivity contribution in [1.29, 1.82) is 0 Å². The van der Waals surface area contributed by atoms with Crippen molar-refractivity contribution in [2.45, 2.75) is 32.9 Å². The van der Waals surface area contributed by atoms with E-state index in [0.717, 1.165) is 0 Å². The summed E-state index contributed by atoms with van der Waals surface area (Å²) in [6.45, 7) is 4.27. The Labute approximate surface area is 125 Å². The predicted octanol–water partition coefficient (Wildman–Crippen LogP) is 2.25. The third kappa shape index (κ3) is 5.75. The zero-order valence-corrected chi connectivity index (χ0v) is 12.8. The van der Waals surface area contributed by atoms with Gasteiger partial charge in [0.25, 0.3) is 0 Å². The number of nitrogens with two attached hydrogens (primary N) is 1. The highest BCUT2D eigenvalue weighted by Gasteiger charge is 2.14. The first-order valence-corrected chi connectivity index (χ1v) is 6.29. The number of carbonyl (C=O) groups is 1. The van der Waals surface area contributed by atoms with Crippen LogP contribution in [0.3, 0.4) is 0 Å². The van der Waals surface area contributed by atoms with Crippen LogP contribution < -0.4 is 15.8 Å². The molecule has 0 bridgehead atoms. The van der Waals surface area contributed by atoms with Crippen LogP contribution >= 0.6 is 12.4 Å². The average molecular weight is 305 g/mol. The van der Waals surface area contributed by atoms with Crippen LogP contribution in [-0.2, 0) is 11.3 Å². The molecular weight excluding hydrogens is 283 g/mol. The van der Waals surface area contributed by atoms with Crippen LogP contribution in [0.25, 0.3) is 0 Å². The van der Waals surface area contributed by atoms with Crippen LogP contribution in [0.4, 0.5) is 4.39 Å². The lowest BCUT2D eigenvalue weighted by Crippen LogP contribution is -2.41. The largest absolute Gasteiger partial charge is 0.494 e. The van der Waals surface area contributed by atoms with E-state index < -0.39 is 11.9 Å². The number of carbonyl (C=O) groups excluding carboxylic acids is 1. The Morgan fingerprint density at radius 1 is 1.45 bits per heavy atom. The van der Waals surface area contributed by atoms with E-state index in [1.54, 1.807) is 6.07 Å². The van der Waals surface area contributed by atoms with Gasteiger partial charge in [0.05, 0.1) is 13.2 Å². The molecule has 1 amide bonds. The zero-order chi connectivity index (χ0) is 14.4. The van der Waals surface area contributed by atoms with Gasteiger partial charge in [0, 0.05) is 6.54 Å². The Morgan fingerprint density at radius 2 is 2.10 bits per heavy atom. The minimum atomic E-state index is -0.525. The van der Waals surface area contributed by atoms with E-state index in [9.17, 15) is 9.18 Å². The highest BCUT2D eigenvalue weighted by Crippen LogP contribution is 2.17. The lowest BCUT2D eigenvalue weighted by Gasteiger charge is -2.14. The summed E-state index contributed by atoms with van der Waals surface area (Å²) in [5.41, 5.74) is 6.42. The molecule has 0 aliphatic carbocycles. The SMILES string of the molecule is COc1ccc(CNC(=O)[C@@H](N)CC(C)C)cc1F.Cl. The van der Waals surface area contributed by atoms with Crippen molar-refractivity contribution in [2.24, 2.45) is 11.7 Å². The molecule has 0 heterocycles. The van der Waals surface area contributed by atoms with Crippen molar-refractivity contribution in [2.75, 3.05) is 7.11 Å². The van der Waals surface area contributed by atoms with Crippen LogP contribution in [0, 0.1) is 11.7 Å². The Morgan fingerprint density at radius 3 is 2.60 bits per heavy atom. The summed E-state index contributed by atoms with van der Waals surface area (Å²) < 4.78 is 18.3. The van der Waals surface area contributed by atoms with Gasteiger partial charge in [-0.3, -0.25) is 4.79 Å². The molecule has 1 aromatic carbocycles. The van der Waals surface area contributed by atoms with Crippen molar-refractivity contribution < 1.29 is 13.9 Å². The monoisotopic (exact) mass is 304 g/mol. The molecule has 0 radical (unpaired) electrons. The van der Waals surface area contributed by atoms with E-state index >= 15 is 0 Å². The van der Waals surface area contributed by atoms with Gasteiger partial charge >= 0.3 is 0 Å². The number of nitrogens with one attached hydrogen (secondary N) is 1. The van der Waals surface area contributed by atoms with E-state index in [1.165, 1.54) is 19.2 Å². The molecule has 0 aromatic heterocycles. The van der Waals surface area contributed by atoms with Crippen molar-refractivity contribution in [3.05, 3.63) is 29.6 Å². The summed E-state index contributed by atoms with van der Waals surface area (Å²) >= 11 is 0. The van der Waals surface area contributed by atoms with Gasteiger partial charge in [-0.2, -0.15) is 0 Å². The number of rotatable bonds is 6. The second-order valence-electron chi connectivity index (χ2n) is 4.92. The molecule has 0 spiro atoms. The van der Waals surface area contributed by atoms with E-state index in [0.29, 0.717) is 17.9 Å². The number of methoxy groups -OCH3 is 1. The van der Waals surface area contributed by atoms with Crippen molar-refractivity contribution in [3.8, 4) is 5.75 Å². The number of hydrogen-bond donors (Lipinski definition) is 2. The van der Waals surface area contributed by atoms with E-state index in [2.05, 4.69) is 5.32 Å². The second-order valence-corrected chi connectivity index (χ2v) is 4.92. The maximum Gasteiger partial charge on any atom is 0.237 e.